The smallest absolute Gasteiger partial charge is 0.203 e. The second-order valence-electron chi connectivity index (χ2n) is 3.53. The van der Waals surface area contributed by atoms with E-state index in [4.69, 9.17) is 9.47 Å². The van der Waals surface area contributed by atoms with Crippen molar-refractivity contribution in [3.63, 3.8) is 0 Å². The number of aryl methyl sites for hydroxylation is 1. The van der Waals surface area contributed by atoms with Crippen LogP contribution in [-0.4, -0.2) is 43.0 Å². The van der Waals surface area contributed by atoms with Crippen LogP contribution in [0.3, 0.4) is 0 Å². The van der Waals surface area contributed by atoms with Gasteiger partial charge in [0.2, 0.25) is 5.95 Å². The van der Waals surface area contributed by atoms with Crippen molar-refractivity contribution in [2.24, 2.45) is 0 Å². The molecule has 1 rings (SSSR count). The average Bonchev–Trinajstić information content (AvgIpc) is 2.59. The van der Waals surface area contributed by atoms with E-state index in [2.05, 4.69) is 21.8 Å². The van der Waals surface area contributed by atoms with Gasteiger partial charge in [0.1, 0.15) is 0 Å². The number of aromatic nitrogens is 2. The zero-order valence-corrected chi connectivity index (χ0v) is 10.3. The van der Waals surface area contributed by atoms with Crippen LogP contribution < -0.4 is 5.32 Å². The molecular weight excluding hydrogens is 206 g/mol. The minimum absolute atomic E-state index is 0.640. The second-order valence-corrected chi connectivity index (χ2v) is 3.53. The maximum absolute atomic E-state index is 5.42. The average molecular weight is 227 g/mol. The van der Waals surface area contributed by atoms with Crippen molar-refractivity contribution in [1.29, 1.82) is 0 Å². The van der Waals surface area contributed by atoms with Gasteiger partial charge < -0.3 is 19.4 Å². The first-order chi connectivity index (χ1) is 7.77. The number of ether oxygens (including phenoxy) is 2. The van der Waals surface area contributed by atoms with Crippen LogP contribution in [0.1, 0.15) is 12.6 Å². The molecule has 1 N–H and O–H groups in total. The number of methoxy groups -OCH3 is 1. The maximum atomic E-state index is 5.42. The van der Waals surface area contributed by atoms with Gasteiger partial charge in [0, 0.05) is 26.4 Å². The summed E-state index contributed by atoms with van der Waals surface area (Å²) >= 11 is 0. The molecule has 0 aliphatic carbocycles. The normalized spacial score (nSPS) is 10.7. The number of nitrogens with one attached hydrogen (secondary N) is 1. The molecule has 0 saturated heterocycles. The molecule has 0 bridgehead atoms. The molecule has 0 amide bonds. The Kier molecular flexibility index (Phi) is 5.88. The Bertz CT molecular complexity index is 299. The second kappa shape index (κ2) is 7.24. The van der Waals surface area contributed by atoms with Crippen molar-refractivity contribution in [3.8, 4) is 0 Å². The van der Waals surface area contributed by atoms with Crippen molar-refractivity contribution in [1.82, 2.24) is 9.55 Å². The largest absolute Gasteiger partial charge is 0.382 e. The van der Waals surface area contributed by atoms with Gasteiger partial charge in [0.15, 0.2) is 0 Å². The van der Waals surface area contributed by atoms with E-state index < -0.39 is 0 Å². The lowest BCUT2D eigenvalue weighted by atomic mass is 10.5. The third-order valence-electron chi connectivity index (χ3n) is 2.14. The summed E-state index contributed by atoms with van der Waals surface area (Å²) in [6.45, 7) is 7.70. The monoisotopic (exact) mass is 227 g/mol. The lowest BCUT2D eigenvalue weighted by molar-refractivity contribution is 0.0668. The van der Waals surface area contributed by atoms with E-state index in [1.807, 2.05) is 13.1 Å². The number of rotatable bonds is 8. The third kappa shape index (κ3) is 4.20. The van der Waals surface area contributed by atoms with E-state index >= 15 is 0 Å². The molecule has 16 heavy (non-hydrogen) atoms. The predicted octanol–water partition coefficient (Wildman–Crippen LogP) is 1.29. The van der Waals surface area contributed by atoms with Crippen LogP contribution in [0.5, 0.6) is 0 Å². The number of anilines is 1. The fourth-order valence-corrected chi connectivity index (χ4v) is 1.42. The van der Waals surface area contributed by atoms with Crippen molar-refractivity contribution < 1.29 is 9.47 Å². The van der Waals surface area contributed by atoms with Gasteiger partial charge in [-0.05, 0) is 13.8 Å². The van der Waals surface area contributed by atoms with Crippen LogP contribution in [0.4, 0.5) is 5.95 Å². The summed E-state index contributed by atoms with van der Waals surface area (Å²) < 4.78 is 12.4. The van der Waals surface area contributed by atoms with E-state index in [9.17, 15) is 0 Å². The standard InChI is InChI=1S/C11H21N3O2/c1-4-12-11-13-10(2)9-14(11)5-6-16-8-7-15-3/h9H,4-8H2,1-3H3,(H,12,13). The number of nitrogens with zero attached hydrogens (tertiary/aromatic N) is 2. The Morgan fingerprint density at radius 2 is 2.19 bits per heavy atom. The summed E-state index contributed by atoms with van der Waals surface area (Å²) in [5.74, 6) is 0.912. The first kappa shape index (κ1) is 13.0. The number of imidazole rings is 1. The highest BCUT2D eigenvalue weighted by Gasteiger charge is 2.03. The molecule has 0 saturated carbocycles. The van der Waals surface area contributed by atoms with Crippen LogP contribution in [-0.2, 0) is 16.0 Å². The van der Waals surface area contributed by atoms with Crippen LogP contribution in [0.2, 0.25) is 0 Å². The summed E-state index contributed by atoms with van der Waals surface area (Å²) in [4.78, 5) is 4.39. The van der Waals surface area contributed by atoms with E-state index in [0.29, 0.717) is 19.8 Å². The molecule has 0 aliphatic rings. The molecule has 0 atom stereocenters. The highest BCUT2D eigenvalue weighted by molar-refractivity contribution is 5.28. The van der Waals surface area contributed by atoms with Crippen LogP contribution in [0.15, 0.2) is 6.20 Å². The molecule has 0 fully saturated rings. The number of hydrogen-bond acceptors (Lipinski definition) is 4. The molecule has 1 heterocycles. The SMILES string of the molecule is CCNc1nc(C)cn1CCOCCOC. The molecule has 0 spiro atoms. The lowest BCUT2D eigenvalue weighted by Gasteiger charge is -2.08. The Balaban J connectivity index is 2.34. The van der Waals surface area contributed by atoms with Crippen molar-refractivity contribution in [3.05, 3.63) is 11.9 Å². The molecule has 5 heteroatoms. The van der Waals surface area contributed by atoms with E-state index in [-0.39, 0.29) is 0 Å². The zero-order chi connectivity index (χ0) is 11.8. The Labute approximate surface area is 96.8 Å². The van der Waals surface area contributed by atoms with Gasteiger partial charge in [-0.1, -0.05) is 0 Å². The van der Waals surface area contributed by atoms with Gasteiger partial charge >= 0.3 is 0 Å². The van der Waals surface area contributed by atoms with E-state index in [0.717, 1.165) is 24.7 Å². The van der Waals surface area contributed by atoms with Gasteiger partial charge in [0.05, 0.1) is 25.5 Å². The molecule has 0 unspecified atom stereocenters. The minimum Gasteiger partial charge on any atom is -0.382 e. The zero-order valence-electron chi connectivity index (χ0n) is 10.3. The fraction of sp³-hybridized carbons (Fsp3) is 0.727. The first-order valence-electron chi connectivity index (χ1n) is 5.62. The molecular formula is C11H21N3O2. The van der Waals surface area contributed by atoms with Gasteiger partial charge in [-0.2, -0.15) is 0 Å². The molecule has 0 aliphatic heterocycles. The van der Waals surface area contributed by atoms with Crippen molar-refractivity contribution in [2.45, 2.75) is 20.4 Å². The topological polar surface area (TPSA) is 48.3 Å². The summed E-state index contributed by atoms with van der Waals surface area (Å²) in [6.07, 6.45) is 2.03. The van der Waals surface area contributed by atoms with Gasteiger partial charge in [0.25, 0.3) is 0 Å². The highest BCUT2D eigenvalue weighted by atomic mass is 16.5. The first-order valence-corrected chi connectivity index (χ1v) is 5.62. The highest BCUT2D eigenvalue weighted by Crippen LogP contribution is 2.07. The molecule has 92 valence electrons. The summed E-state index contributed by atoms with van der Waals surface area (Å²) in [5, 5.41) is 3.22. The molecule has 1 aromatic rings. The minimum atomic E-state index is 0.640. The summed E-state index contributed by atoms with van der Waals surface area (Å²) in [7, 11) is 1.67. The molecule has 0 aromatic carbocycles. The van der Waals surface area contributed by atoms with E-state index in [1.165, 1.54) is 0 Å². The van der Waals surface area contributed by atoms with Crippen LogP contribution >= 0.6 is 0 Å². The quantitative estimate of drug-likeness (QED) is 0.680. The number of hydrogen-bond donors (Lipinski definition) is 1. The van der Waals surface area contributed by atoms with Crippen molar-refractivity contribution in [2.75, 3.05) is 38.8 Å². The lowest BCUT2D eigenvalue weighted by Crippen LogP contribution is -2.12. The molecule has 5 nitrogen and oxygen atoms in total. The summed E-state index contributed by atoms with van der Waals surface area (Å²) in [5.41, 5.74) is 1.02. The Morgan fingerprint density at radius 1 is 1.38 bits per heavy atom. The van der Waals surface area contributed by atoms with Gasteiger partial charge in [-0.15, -0.1) is 0 Å². The summed E-state index contributed by atoms with van der Waals surface area (Å²) in [6, 6.07) is 0. The van der Waals surface area contributed by atoms with Gasteiger partial charge in [-0.3, -0.25) is 0 Å². The third-order valence-corrected chi connectivity index (χ3v) is 2.14. The Morgan fingerprint density at radius 3 is 2.88 bits per heavy atom. The van der Waals surface area contributed by atoms with Crippen LogP contribution in [0.25, 0.3) is 0 Å². The van der Waals surface area contributed by atoms with Crippen molar-refractivity contribution >= 4 is 5.95 Å². The predicted molar refractivity (Wildman–Crippen MR) is 63.8 cm³/mol. The van der Waals surface area contributed by atoms with Gasteiger partial charge in [-0.25, -0.2) is 4.98 Å². The molecule has 0 radical (unpaired) electrons. The maximum Gasteiger partial charge on any atom is 0.203 e. The fourth-order valence-electron chi connectivity index (χ4n) is 1.42. The molecule has 1 aromatic heterocycles. The van der Waals surface area contributed by atoms with Crippen LogP contribution in [0, 0.1) is 6.92 Å². The van der Waals surface area contributed by atoms with E-state index in [1.54, 1.807) is 7.11 Å². The Hall–Kier alpha value is -1.07.